The van der Waals surface area contributed by atoms with Crippen LogP contribution in [-0.2, 0) is 6.42 Å². The van der Waals surface area contributed by atoms with Crippen molar-refractivity contribution in [1.29, 1.82) is 5.26 Å². The predicted octanol–water partition coefficient (Wildman–Crippen LogP) is 4.10. The van der Waals surface area contributed by atoms with Crippen LogP contribution in [0.4, 0.5) is 16.0 Å². The molecule has 2 aromatic rings. The van der Waals surface area contributed by atoms with Crippen LogP contribution >= 0.6 is 0 Å². The highest BCUT2D eigenvalue weighted by atomic mass is 19.1. The van der Waals surface area contributed by atoms with E-state index in [0.717, 1.165) is 28.8 Å². The number of anilines is 2. The first-order valence-electron chi connectivity index (χ1n) is 10.5. The summed E-state index contributed by atoms with van der Waals surface area (Å²) in [5.74, 6) is 1.47. The fraction of sp³-hybridized carbons (Fsp3) is 0.375. The SMILES string of the molecule is C=C(Nc1cnc(N2CC(C#N)C2)nc1)NC(C1=C(C)c2cc(F)ccc2C1)C(C)C. The highest BCUT2D eigenvalue weighted by Gasteiger charge is 2.29. The average Bonchev–Trinajstić information content (AvgIpc) is 3.02. The van der Waals surface area contributed by atoms with Crippen LogP contribution in [0.3, 0.4) is 0 Å². The molecule has 31 heavy (non-hydrogen) atoms. The quantitative estimate of drug-likeness (QED) is 0.705. The largest absolute Gasteiger partial charge is 0.365 e. The van der Waals surface area contributed by atoms with Crippen LogP contribution in [0.5, 0.6) is 0 Å². The summed E-state index contributed by atoms with van der Waals surface area (Å²) in [5.41, 5.74) is 5.29. The Hall–Kier alpha value is -3.40. The first-order chi connectivity index (χ1) is 14.9. The zero-order chi connectivity index (χ0) is 22.1. The number of nitrogens with one attached hydrogen (secondary N) is 2. The van der Waals surface area contributed by atoms with Gasteiger partial charge in [-0.05, 0) is 53.7 Å². The van der Waals surface area contributed by atoms with Crippen LogP contribution < -0.4 is 15.5 Å². The highest BCUT2D eigenvalue weighted by molar-refractivity contribution is 5.76. The van der Waals surface area contributed by atoms with Gasteiger partial charge in [-0.3, -0.25) is 0 Å². The van der Waals surface area contributed by atoms with Crippen molar-refractivity contribution in [3.8, 4) is 6.07 Å². The summed E-state index contributed by atoms with van der Waals surface area (Å²) in [6, 6.07) is 7.34. The Balaban J connectivity index is 1.41. The number of hydrogen-bond donors (Lipinski definition) is 2. The van der Waals surface area contributed by atoms with Gasteiger partial charge in [0.2, 0.25) is 5.95 Å². The molecule has 0 saturated carbocycles. The third kappa shape index (κ3) is 4.24. The summed E-state index contributed by atoms with van der Waals surface area (Å²) in [7, 11) is 0. The second kappa shape index (κ2) is 8.38. The lowest BCUT2D eigenvalue weighted by Crippen LogP contribution is -2.46. The molecular weight excluding hydrogens is 391 g/mol. The Bertz CT molecular complexity index is 1060. The minimum atomic E-state index is -0.204. The van der Waals surface area contributed by atoms with Crippen molar-refractivity contribution < 1.29 is 4.39 Å². The smallest absolute Gasteiger partial charge is 0.225 e. The van der Waals surface area contributed by atoms with Crippen LogP contribution in [0.2, 0.25) is 0 Å². The van der Waals surface area contributed by atoms with E-state index in [0.29, 0.717) is 30.8 Å². The number of nitrogens with zero attached hydrogens (tertiary/aromatic N) is 4. The zero-order valence-electron chi connectivity index (χ0n) is 18.1. The topological polar surface area (TPSA) is 76.9 Å². The molecule has 6 nitrogen and oxygen atoms in total. The zero-order valence-corrected chi connectivity index (χ0v) is 18.1. The minimum absolute atomic E-state index is 0.0642. The van der Waals surface area contributed by atoms with Gasteiger partial charge >= 0.3 is 0 Å². The van der Waals surface area contributed by atoms with E-state index in [-0.39, 0.29) is 17.8 Å². The standard InChI is InChI=1S/C24H27FN6/c1-14(2)23(22-7-18-5-6-19(25)8-21(18)15(22)3)30-16(4)29-20-10-27-24(28-11-20)31-12-17(9-26)13-31/h5-6,8,10-11,14,17,23,29-30H,4,7,12-13H2,1-3H3. The van der Waals surface area contributed by atoms with Crippen LogP contribution in [0.15, 0.2) is 48.6 Å². The van der Waals surface area contributed by atoms with E-state index in [2.05, 4.69) is 54.0 Å². The van der Waals surface area contributed by atoms with Crippen LogP contribution in [0, 0.1) is 29.0 Å². The van der Waals surface area contributed by atoms with Gasteiger partial charge in [-0.2, -0.15) is 5.26 Å². The normalized spacial score (nSPS) is 16.6. The van der Waals surface area contributed by atoms with Crippen molar-refractivity contribution in [1.82, 2.24) is 15.3 Å². The molecule has 2 heterocycles. The first-order valence-corrected chi connectivity index (χ1v) is 10.5. The van der Waals surface area contributed by atoms with Gasteiger partial charge in [-0.15, -0.1) is 0 Å². The van der Waals surface area contributed by atoms with Crippen LogP contribution in [0.1, 0.15) is 31.9 Å². The van der Waals surface area contributed by atoms with E-state index in [1.165, 1.54) is 11.6 Å². The monoisotopic (exact) mass is 418 g/mol. The van der Waals surface area contributed by atoms with Crippen molar-refractivity contribution >= 4 is 17.2 Å². The lowest BCUT2D eigenvalue weighted by molar-refractivity contribution is 0.479. The molecule has 2 aliphatic rings. The molecule has 2 N–H and O–H groups in total. The summed E-state index contributed by atoms with van der Waals surface area (Å²) in [6.07, 6.45) is 4.25. The summed E-state index contributed by atoms with van der Waals surface area (Å²) < 4.78 is 13.7. The molecule has 4 rings (SSSR count). The Morgan fingerprint density at radius 3 is 2.65 bits per heavy atom. The lowest BCUT2D eigenvalue weighted by Gasteiger charge is -2.35. The number of halogens is 1. The van der Waals surface area contributed by atoms with Gasteiger partial charge < -0.3 is 15.5 Å². The molecule has 160 valence electrons. The van der Waals surface area contributed by atoms with Gasteiger partial charge in [0.1, 0.15) is 5.82 Å². The molecule has 0 spiro atoms. The van der Waals surface area contributed by atoms with Crippen molar-refractivity contribution in [2.24, 2.45) is 11.8 Å². The predicted molar refractivity (Wildman–Crippen MR) is 121 cm³/mol. The fourth-order valence-electron chi connectivity index (χ4n) is 4.23. The number of rotatable bonds is 7. The van der Waals surface area contributed by atoms with E-state index in [1.54, 1.807) is 18.5 Å². The summed E-state index contributed by atoms with van der Waals surface area (Å²) in [6.45, 7) is 11.9. The molecule has 1 saturated heterocycles. The number of nitriles is 1. The molecule has 1 aliphatic heterocycles. The molecule has 0 amide bonds. The van der Waals surface area contributed by atoms with E-state index >= 15 is 0 Å². The van der Waals surface area contributed by atoms with Gasteiger partial charge in [-0.25, -0.2) is 14.4 Å². The maximum Gasteiger partial charge on any atom is 0.225 e. The molecule has 0 bridgehead atoms. The van der Waals surface area contributed by atoms with Crippen molar-refractivity contribution in [3.05, 3.63) is 65.5 Å². The number of fused-ring (bicyclic) bond motifs is 1. The van der Waals surface area contributed by atoms with Crippen LogP contribution in [0.25, 0.3) is 5.57 Å². The van der Waals surface area contributed by atoms with Crippen molar-refractivity contribution in [2.45, 2.75) is 33.2 Å². The van der Waals surface area contributed by atoms with Gasteiger partial charge in [-0.1, -0.05) is 26.5 Å². The van der Waals surface area contributed by atoms with Crippen LogP contribution in [-0.4, -0.2) is 29.1 Å². The first kappa shape index (κ1) is 20.9. The Morgan fingerprint density at radius 2 is 2.00 bits per heavy atom. The van der Waals surface area contributed by atoms with Crippen molar-refractivity contribution in [3.63, 3.8) is 0 Å². The van der Waals surface area contributed by atoms with E-state index in [4.69, 9.17) is 5.26 Å². The average molecular weight is 419 g/mol. The molecule has 7 heteroatoms. The van der Waals surface area contributed by atoms with E-state index < -0.39 is 0 Å². The van der Waals surface area contributed by atoms with Crippen molar-refractivity contribution in [2.75, 3.05) is 23.3 Å². The Labute approximate surface area is 182 Å². The summed E-state index contributed by atoms with van der Waals surface area (Å²) >= 11 is 0. The Morgan fingerprint density at radius 1 is 1.29 bits per heavy atom. The maximum absolute atomic E-state index is 13.7. The Kier molecular flexibility index (Phi) is 5.64. The minimum Gasteiger partial charge on any atom is -0.365 e. The molecule has 1 aliphatic carbocycles. The second-order valence-electron chi connectivity index (χ2n) is 8.60. The van der Waals surface area contributed by atoms with Gasteiger partial charge in [0, 0.05) is 13.1 Å². The number of aromatic nitrogens is 2. The summed E-state index contributed by atoms with van der Waals surface area (Å²) in [4.78, 5) is 10.8. The lowest BCUT2D eigenvalue weighted by atomic mass is 9.92. The molecule has 1 aromatic carbocycles. The maximum atomic E-state index is 13.7. The molecule has 1 unspecified atom stereocenters. The van der Waals surface area contributed by atoms with E-state index in [9.17, 15) is 4.39 Å². The molecule has 1 atom stereocenters. The van der Waals surface area contributed by atoms with Gasteiger partial charge in [0.05, 0.1) is 41.9 Å². The number of benzene rings is 1. The number of hydrogen-bond acceptors (Lipinski definition) is 6. The third-order valence-corrected chi connectivity index (χ3v) is 5.99. The summed E-state index contributed by atoms with van der Waals surface area (Å²) in [5, 5.41) is 15.6. The van der Waals surface area contributed by atoms with Gasteiger partial charge in [0.25, 0.3) is 0 Å². The number of allylic oxidation sites excluding steroid dienone is 1. The van der Waals surface area contributed by atoms with Gasteiger partial charge in [0.15, 0.2) is 0 Å². The third-order valence-electron chi connectivity index (χ3n) is 5.99. The second-order valence-corrected chi connectivity index (χ2v) is 8.60. The highest BCUT2D eigenvalue weighted by Crippen LogP contribution is 2.36. The van der Waals surface area contributed by atoms with E-state index in [1.807, 2.05) is 11.0 Å². The molecule has 0 radical (unpaired) electrons. The molecule has 1 aromatic heterocycles. The molecule has 1 fully saturated rings. The molecular formula is C24H27FN6. The fourth-order valence-corrected chi connectivity index (χ4v) is 4.23.